The van der Waals surface area contributed by atoms with Crippen LogP contribution >= 0.6 is 0 Å². The van der Waals surface area contributed by atoms with Gasteiger partial charge in [0.1, 0.15) is 5.69 Å². The zero-order chi connectivity index (χ0) is 17.8. The lowest BCUT2D eigenvalue weighted by atomic mass is 10.2. The molecule has 3 aromatic rings. The minimum Gasteiger partial charge on any atom is -0.463 e. The Hall–Kier alpha value is -3.13. The van der Waals surface area contributed by atoms with Gasteiger partial charge in [0.2, 0.25) is 0 Å². The first kappa shape index (κ1) is 16.7. The average molecular weight is 343 g/mol. The molecule has 0 unspecified atom stereocenters. The molecule has 1 aromatic carbocycles. The van der Waals surface area contributed by atoms with Crippen molar-refractivity contribution in [2.45, 2.75) is 6.54 Å². The van der Waals surface area contributed by atoms with Crippen molar-refractivity contribution in [2.24, 2.45) is 0 Å². The molecular formula is C17H17N3O5. The van der Waals surface area contributed by atoms with Crippen molar-refractivity contribution in [3.8, 4) is 0 Å². The summed E-state index contributed by atoms with van der Waals surface area (Å²) in [4.78, 5) is 23.0. The van der Waals surface area contributed by atoms with Crippen LogP contribution in [0.5, 0.6) is 0 Å². The van der Waals surface area contributed by atoms with Crippen LogP contribution in [0.4, 0.5) is 5.69 Å². The van der Waals surface area contributed by atoms with E-state index in [-0.39, 0.29) is 11.6 Å². The third-order valence-electron chi connectivity index (χ3n) is 3.81. The third kappa shape index (κ3) is 3.53. The lowest BCUT2D eigenvalue weighted by Crippen LogP contribution is -2.29. The molecule has 1 amide bonds. The average Bonchev–Trinajstić information content (AvgIpc) is 3.18. The Labute approximate surface area is 143 Å². The van der Waals surface area contributed by atoms with E-state index in [1.54, 1.807) is 42.2 Å². The van der Waals surface area contributed by atoms with Gasteiger partial charge in [-0.1, -0.05) is 12.1 Å². The minimum atomic E-state index is -0.440. The first-order chi connectivity index (χ1) is 12.1. The molecule has 130 valence electrons. The zero-order valence-corrected chi connectivity index (χ0v) is 13.6. The first-order valence-electron chi connectivity index (χ1n) is 7.67. The van der Waals surface area contributed by atoms with Crippen LogP contribution in [0, 0.1) is 10.1 Å². The lowest BCUT2D eigenvalue weighted by Gasteiger charge is -2.10. The minimum absolute atomic E-state index is 0.0131. The van der Waals surface area contributed by atoms with Crippen LogP contribution in [-0.2, 0) is 11.3 Å². The number of furan rings is 1. The van der Waals surface area contributed by atoms with Crippen LogP contribution < -0.4 is 5.32 Å². The normalized spacial score (nSPS) is 10.9. The fourth-order valence-electron chi connectivity index (χ4n) is 2.64. The number of methoxy groups -OCH3 is 1. The molecule has 0 aliphatic rings. The third-order valence-corrected chi connectivity index (χ3v) is 3.81. The summed E-state index contributed by atoms with van der Waals surface area (Å²) in [5, 5.41) is 13.7. The van der Waals surface area contributed by atoms with Crippen molar-refractivity contribution in [2.75, 3.05) is 20.3 Å². The number of nitro benzene ring substituents is 1. The Balaban J connectivity index is 1.93. The molecule has 2 heterocycles. The van der Waals surface area contributed by atoms with E-state index in [9.17, 15) is 14.9 Å². The molecule has 0 fully saturated rings. The number of hydrogen-bond donors (Lipinski definition) is 1. The van der Waals surface area contributed by atoms with Crippen molar-refractivity contribution in [1.29, 1.82) is 0 Å². The monoisotopic (exact) mass is 343 g/mol. The smallest absolute Gasteiger partial charge is 0.269 e. The summed E-state index contributed by atoms with van der Waals surface area (Å²) < 4.78 is 12.1. The van der Waals surface area contributed by atoms with Crippen molar-refractivity contribution >= 4 is 22.7 Å². The van der Waals surface area contributed by atoms with Gasteiger partial charge in [0.05, 0.1) is 23.3 Å². The summed E-state index contributed by atoms with van der Waals surface area (Å²) >= 11 is 0. The highest BCUT2D eigenvalue weighted by Crippen LogP contribution is 2.23. The van der Waals surface area contributed by atoms with E-state index in [2.05, 4.69) is 5.32 Å². The maximum atomic E-state index is 12.4. The number of aromatic nitrogens is 1. The van der Waals surface area contributed by atoms with Crippen LogP contribution in [0.1, 0.15) is 16.1 Å². The molecule has 3 rings (SSSR count). The van der Waals surface area contributed by atoms with Crippen molar-refractivity contribution in [3.05, 3.63) is 64.0 Å². The molecule has 2 aromatic heterocycles. The standard InChI is InChI=1S/C17H17N3O5/c1-24-8-6-18-17(21)15-10-16-14(5-7-25-16)19(15)11-12-3-2-4-13(9-12)20(22)23/h2-5,7,9-10H,6,8,11H2,1H3,(H,18,21). The van der Waals surface area contributed by atoms with Gasteiger partial charge in [-0.05, 0) is 5.56 Å². The molecule has 0 atom stereocenters. The van der Waals surface area contributed by atoms with E-state index in [1.165, 1.54) is 12.1 Å². The van der Waals surface area contributed by atoms with Gasteiger partial charge in [-0.25, -0.2) is 0 Å². The Morgan fingerprint density at radius 1 is 1.36 bits per heavy atom. The van der Waals surface area contributed by atoms with E-state index in [4.69, 9.17) is 9.15 Å². The Bertz CT molecular complexity index is 912. The topological polar surface area (TPSA) is 99.5 Å². The fraction of sp³-hybridized carbons (Fsp3) is 0.235. The highest BCUT2D eigenvalue weighted by molar-refractivity contribution is 5.97. The van der Waals surface area contributed by atoms with Gasteiger partial charge in [0.15, 0.2) is 5.58 Å². The number of nitrogens with zero attached hydrogens (tertiary/aromatic N) is 2. The number of rotatable bonds is 7. The number of hydrogen-bond acceptors (Lipinski definition) is 5. The first-order valence-corrected chi connectivity index (χ1v) is 7.67. The number of nitrogens with one attached hydrogen (secondary N) is 1. The highest BCUT2D eigenvalue weighted by atomic mass is 16.6. The SMILES string of the molecule is COCCNC(=O)c1cc2occc2n1Cc1cccc([N+](=O)[O-])c1. The van der Waals surface area contributed by atoms with Gasteiger partial charge < -0.3 is 19.0 Å². The molecule has 1 N–H and O–H groups in total. The summed E-state index contributed by atoms with van der Waals surface area (Å²) in [5.74, 6) is -0.256. The number of carbonyl (C=O) groups excluding carboxylic acids is 1. The van der Waals surface area contributed by atoms with Gasteiger partial charge in [-0.3, -0.25) is 14.9 Å². The molecule has 0 aliphatic carbocycles. The molecule has 0 saturated heterocycles. The van der Waals surface area contributed by atoms with Crippen LogP contribution in [0.15, 0.2) is 47.1 Å². The molecule has 25 heavy (non-hydrogen) atoms. The van der Waals surface area contributed by atoms with Gasteiger partial charge in [0, 0.05) is 44.5 Å². The number of carbonyl (C=O) groups is 1. The molecule has 0 saturated carbocycles. The molecular weight excluding hydrogens is 326 g/mol. The molecule has 8 nitrogen and oxygen atoms in total. The van der Waals surface area contributed by atoms with Gasteiger partial charge in [-0.2, -0.15) is 0 Å². The predicted molar refractivity (Wildman–Crippen MR) is 90.6 cm³/mol. The van der Waals surface area contributed by atoms with Crippen LogP contribution in [-0.4, -0.2) is 35.7 Å². The van der Waals surface area contributed by atoms with Crippen molar-refractivity contribution < 1.29 is 18.9 Å². The lowest BCUT2D eigenvalue weighted by molar-refractivity contribution is -0.384. The van der Waals surface area contributed by atoms with Gasteiger partial charge in [0.25, 0.3) is 11.6 Å². The van der Waals surface area contributed by atoms with Crippen LogP contribution in [0.2, 0.25) is 0 Å². The Kier molecular flexibility index (Phi) is 4.80. The largest absolute Gasteiger partial charge is 0.463 e. The number of benzene rings is 1. The number of ether oxygens (including phenoxy) is 1. The Morgan fingerprint density at radius 3 is 2.96 bits per heavy atom. The second kappa shape index (κ2) is 7.18. The van der Waals surface area contributed by atoms with Gasteiger partial charge >= 0.3 is 0 Å². The quantitative estimate of drug-likeness (QED) is 0.404. The van der Waals surface area contributed by atoms with Crippen LogP contribution in [0.3, 0.4) is 0 Å². The molecule has 0 aliphatic heterocycles. The molecule has 8 heteroatoms. The Morgan fingerprint density at radius 2 is 2.20 bits per heavy atom. The number of amides is 1. The predicted octanol–water partition coefficient (Wildman–Crippen LogP) is 2.57. The van der Waals surface area contributed by atoms with Crippen LogP contribution in [0.25, 0.3) is 11.1 Å². The number of fused-ring (bicyclic) bond motifs is 1. The molecule has 0 radical (unpaired) electrons. The second-order valence-corrected chi connectivity index (χ2v) is 5.46. The van der Waals surface area contributed by atoms with E-state index >= 15 is 0 Å². The maximum absolute atomic E-state index is 12.4. The van der Waals surface area contributed by atoms with Gasteiger partial charge in [-0.15, -0.1) is 0 Å². The summed E-state index contributed by atoms with van der Waals surface area (Å²) in [5.41, 5.74) is 2.50. The highest BCUT2D eigenvalue weighted by Gasteiger charge is 2.18. The maximum Gasteiger partial charge on any atom is 0.269 e. The van der Waals surface area contributed by atoms with E-state index in [1.807, 2.05) is 0 Å². The summed E-state index contributed by atoms with van der Waals surface area (Å²) in [6.07, 6.45) is 1.54. The molecule has 0 bridgehead atoms. The van der Waals surface area contributed by atoms with E-state index in [0.717, 1.165) is 11.1 Å². The number of non-ortho nitro benzene ring substituents is 1. The number of nitro groups is 1. The summed E-state index contributed by atoms with van der Waals surface area (Å²) in [6, 6.07) is 9.77. The zero-order valence-electron chi connectivity index (χ0n) is 13.6. The fourth-order valence-corrected chi connectivity index (χ4v) is 2.64. The summed E-state index contributed by atoms with van der Waals surface area (Å²) in [6.45, 7) is 1.11. The summed E-state index contributed by atoms with van der Waals surface area (Å²) in [7, 11) is 1.56. The van der Waals surface area contributed by atoms with Crippen molar-refractivity contribution in [1.82, 2.24) is 9.88 Å². The van der Waals surface area contributed by atoms with E-state index < -0.39 is 4.92 Å². The second-order valence-electron chi connectivity index (χ2n) is 5.46. The molecule has 0 spiro atoms. The van der Waals surface area contributed by atoms with Crippen molar-refractivity contribution in [3.63, 3.8) is 0 Å². The van der Waals surface area contributed by atoms with E-state index in [0.29, 0.717) is 31.0 Å².